The van der Waals surface area contributed by atoms with Crippen molar-refractivity contribution >= 4 is 22.2 Å². The van der Waals surface area contributed by atoms with Gasteiger partial charge in [-0.1, -0.05) is 25.3 Å². The first-order valence-electron chi connectivity index (χ1n) is 9.20. The van der Waals surface area contributed by atoms with Gasteiger partial charge in [0, 0.05) is 24.7 Å². The standard InChI is InChI=1S/C19H26N4/c1-2-7-11-23(12-8-3-1)19-17(15-9-5-4-6-10-15)20-13-16-14-21-22-18(16)19/h9,13-14H,1-8,10-12H2,(H,21,22). The molecule has 23 heavy (non-hydrogen) atoms. The first-order valence-corrected chi connectivity index (χ1v) is 9.20. The number of aromatic amines is 1. The van der Waals surface area contributed by atoms with Crippen molar-refractivity contribution < 1.29 is 0 Å². The highest BCUT2D eigenvalue weighted by Crippen LogP contribution is 2.36. The molecule has 0 radical (unpaired) electrons. The lowest BCUT2D eigenvalue weighted by molar-refractivity contribution is 0.556. The van der Waals surface area contributed by atoms with Crippen molar-refractivity contribution in [3.05, 3.63) is 24.2 Å². The van der Waals surface area contributed by atoms with Gasteiger partial charge in [-0.2, -0.15) is 5.10 Å². The second-order valence-corrected chi connectivity index (χ2v) is 6.89. The molecule has 2 aromatic heterocycles. The summed E-state index contributed by atoms with van der Waals surface area (Å²) in [5.41, 5.74) is 5.10. The molecule has 2 aromatic rings. The molecular formula is C19H26N4. The van der Waals surface area contributed by atoms with Crippen LogP contribution in [-0.4, -0.2) is 28.3 Å². The van der Waals surface area contributed by atoms with Crippen molar-refractivity contribution in [1.82, 2.24) is 15.2 Å². The second kappa shape index (κ2) is 6.73. The number of allylic oxidation sites excluding steroid dienone is 2. The van der Waals surface area contributed by atoms with E-state index in [2.05, 4.69) is 21.2 Å². The quantitative estimate of drug-likeness (QED) is 0.875. The van der Waals surface area contributed by atoms with Gasteiger partial charge in [-0.25, -0.2) is 0 Å². The zero-order chi connectivity index (χ0) is 15.5. The van der Waals surface area contributed by atoms with Gasteiger partial charge in [0.15, 0.2) is 0 Å². The maximum atomic E-state index is 4.86. The fourth-order valence-electron chi connectivity index (χ4n) is 3.96. The largest absolute Gasteiger partial charge is 0.368 e. The zero-order valence-electron chi connectivity index (χ0n) is 13.9. The average molecular weight is 310 g/mol. The summed E-state index contributed by atoms with van der Waals surface area (Å²) >= 11 is 0. The first-order chi connectivity index (χ1) is 11.4. The third-order valence-corrected chi connectivity index (χ3v) is 5.23. The second-order valence-electron chi connectivity index (χ2n) is 6.89. The van der Waals surface area contributed by atoms with Gasteiger partial charge >= 0.3 is 0 Å². The van der Waals surface area contributed by atoms with E-state index < -0.39 is 0 Å². The summed E-state index contributed by atoms with van der Waals surface area (Å²) < 4.78 is 0. The van der Waals surface area contributed by atoms with E-state index in [4.69, 9.17) is 4.98 Å². The first kappa shape index (κ1) is 14.7. The number of nitrogens with one attached hydrogen (secondary N) is 1. The van der Waals surface area contributed by atoms with E-state index in [9.17, 15) is 0 Å². The Morgan fingerprint density at radius 1 is 0.913 bits per heavy atom. The van der Waals surface area contributed by atoms with Gasteiger partial charge in [0.2, 0.25) is 0 Å². The molecule has 1 aliphatic heterocycles. The highest BCUT2D eigenvalue weighted by molar-refractivity contribution is 5.95. The number of nitrogens with zero attached hydrogens (tertiary/aromatic N) is 3. The van der Waals surface area contributed by atoms with E-state index in [0.29, 0.717) is 0 Å². The van der Waals surface area contributed by atoms with Gasteiger partial charge in [-0.15, -0.1) is 0 Å². The minimum Gasteiger partial charge on any atom is -0.368 e. The molecule has 0 spiro atoms. The molecule has 1 N–H and O–H groups in total. The van der Waals surface area contributed by atoms with E-state index in [1.165, 1.54) is 73.8 Å². The topological polar surface area (TPSA) is 44.8 Å². The fourth-order valence-corrected chi connectivity index (χ4v) is 3.96. The molecule has 0 unspecified atom stereocenters. The SMILES string of the molecule is C1=C(c2ncc3cn[nH]c3c2N2CCCCCCC2)CCCC1. The smallest absolute Gasteiger partial charge is 0.0921 e. The zero-order valence-corrected chi connectivity index (χ0v) is 13.9. The Morgan fingerprint density at radius 3 is 2.52 bits per heavy atom. The van der Waals surface area contributed by atoms with Crippen LogP contribution < -0.4 is 4.90 Å². The van der Waals surface area contributed by atoms with Crippen molar-refractivity contribution in [1.29, 1.82) is 0 Å². The molecule has 4 nitrogen and oxygen atoms in total. The van der Waals surface area contributed by atoms with E-state index in [1.807, 2.05) is 12.4 Å². The van der Waals surface area contributed by atoms with Crippen LogP contribution in [0.15, 0.2) is 18.5 Å². The molecule has 2 aliphatic rings. The summed E-state index contributed by atoms with van der Waals surface area (Å²) in [6.45, 7) is 2.28. The third-order valence-electron chi connectivity index (χ3n) is 5.23. The summed E-state index contributed by atoms with van der Waals surface area (Å²) in [7, 11) is 0. The van der Waals surface area contributed by atoms with E-state index in [1.54, 1.807) is 0 Å². The number of rotatable bonds is 2. The van der Waals surface area contributed by atoms with Gasteiger partial charge in [-0.05, 0) is 44.1 Å². The van der Waals surface area contributed by atoms with Gasteiger partial charge in [0.25, 0.3) is 0 Å². The number of anilines is 1. The highest BCUT2D eigenvalue weighted by Gasteiger charge is 2.21. The lowest BCUT2D eigenvalue weighted by Gasteiger charge is -2.29. The number of fused-ring (bicyclic) bond motifs is 1. The lowest BCUT2D eigenvalue weighted by Crippen LogP contribution is -2.28. The summed E-state index contributed by atoms with van der Waals surface area (Å²) in [5, 5.41) is 8.64. The molecule has 1 fully saturated rings. The number of H-pyrrole nitrogens is 1. The van der Waals surface area contributed by atoms with Crippen molar-refractivity contribution in [2.75, 3.05) is 18.0 Å². The molecule has 4 heteroatoms. The van der Waals surface area contributed by atoms with Crippen LogP contribution in [0.2, 0.25) is 0 Å². The molecule has 0 saturated carbocycles. The monoisotopic (exact) mass is 310 g/mol. The van der Waals surface area contributed by atoms with Crippen LogP contribution >= 0.6 is 0 Å². The van der Waals surface area contributed by atoms with Crippen LogP contribution in [0.3, 0.4) is 0 Å². The number of pyridine rings is 1. The van der Waals surface area contributed by atoms with Gasteiger partial charge in [-0.3, -0.25) is 10.1 Å². The Bertz CT molecular complexity index is 692. The Kier molecular flexibility index (Phi) is 4.31. The van der Waals surface area contributed by atoms with Crippen molar-refractivity contribution in [2.24, 2.45) is 0 Å². The Balaban J connectivity index is 1.80. The minimum atomic E-state index is 1.13. The van der Waals surface area contributed by atoms with Crippen LogP contribution in [0.25, 0.3) is 16.5 Å². The van der Waals surface area contributed by atoms with Gasteiger partial charge < -0.3 is 4.90 Å². The summed E-state index contributed by atoms with van der Waals surface area (Å²) in [5.74, 6) is 0. The van der Waals surface area contributed by atoms with Crippen LogP contribution in [0.1, 0.15) is 63.5 Å². The van der Waals surface area contributed by atoms with Crippen LogP contribution in [0.5, 0.6) is 0 Å². The molecule has 1 saturated heterocycles. The minimum absolute atomic E-state index is 1.13. The third kappa shape index (κ3) is 2.99. The summed E-state index contributed by atoms with van der Waals surface area (Å²) in [6, 6.07) is 0. The molecule has 0 bridgehead atoms. The highest BCUT2D eigenvalue weighted by atomic mass is 15.2. The van der Waals surface area contributed by atoms with E-state index in [0.717, 1.165) is 24.9 Å². The number of hydrogen-bond acceptors (Lipinski definition) is 3. The van der Waals surface area contributed by atoms with Crippen molar-refractivity contribution in [3.63, 3.8) is 0 Å². The van der Waals surface area contributed by atoms with Gasteiger partial charge in [0.05, 0.1) is 23.1 Å². The number of aromatic nitrogens is 3. The summed E-state index contributed by atoms with van der Waals surface area (Å²) in [6.07, 6.45) is 17.9. The predicted octanol–water partition coefficient (Wildman–Crippen LogP) is 4.69. The van der Waals surface area contributed by atoms with E-state index in [-0.39, 0.29) is 0 Å². The molecule has 1 aliphatic carbocycles. The molecule has 0 atom stereocenters. The van der Waals surface area contributed by atoms with Crippen LogP contribution in [0, 0.1) is 0 Å². The normalized spacial score (nSPS) is 20.2. The van der Waals surface area contributed by atoms with Gasteiger partial charge in [0.1, 0.15) is 0 Å². The predicted molar refractivity (Wildman–Crippen MR) is 95.6 cm³/mol. The van der Waals surface area contributed by atoms with Crippen LogP contribution in [-0.2, 0) is 0 Å². The maximum absolute atomic E-state index is 4.86. The number of hydrogen-bond donors (Lipinski definition) is 1. The van der Waals surface area contributed by atoms with Crippen molar-refractivity contribution in [2.45, 2.75) is 57.8 Å². The van der Waals surface area contributed by atoms with Crippen molar-refractivity contribution in [3.8, 4) is 0 Å². The molecular weight excluding hydrogens is 284 g/mol. The molecule has 122 valence electrons. The Hall–Kier alpha value is -1.84. The Labute approximate surface area is 138 Å². The lowest BCUT2D eigenvalue weighted by atomic mass is 9.95. The molecule has 0 amide bonds. The molecule has 3 heterocycles. The Morgan fingerprint density at radius 2 is 1.74 bits per heavy atom. The summed E-state index contributed by atoms with van der Waals surface area (Å²) in [4.78, 5) is 7.43. The fraction of sp³-hybridized carbons (Fsp3) is 0.579. The van der Waals surface area contributed by atoms with Crippen LogP contribution in [0.4, 0.5) is 5.69 Å². The molecule has 0 aromatic carbocycles. The molecule has 4 rings (SSSR count). The maximum Gasteiger partial charge on any atom is 0.0921 e. The average Bonchev–Trinajstić information content (AvgIpc) is 3.04. The van der Waals surface area contributed by atoms with E-state index >= 15 is 0 Å².